The van der Waals surface area contributed by atoms with Gasteiger partial charge in [0, 0.05) is 11.1 Å². The third-order valence-electron chi connectivity index (χ3n) is 3.01. The molecule has 2 rings (SSSR count). The Labute approximate surface area is 102 Å². The maximum Gasteiger partial charge on any atom is 0.124 e. The fourth-order valence-electron chi connectivity index (χ4n) is 1.88. The molecule has 17 heavy (non-hydrogen) atoms. The second-order valence-corrected chi connectivity index (χ2v) is 4.27. The highest BCUT2D eigenvalue weighted by Crippen LogP contribution is 2.14. The lowest BCUT2D eigenvalue weighted by Crippen LogP contribution is -2.83. The Balaban J connectivity index is 1.97. The summed E-state index contributed by atoms with van der Waals surface area (Å²) < 4.78 is 0. The van der Waals surface area contributed by atoms with E-state index in [1.54, 1.807) is 6.07 Å². The van der Waals surface area contributed by atoms with Crippen molar-refractivity contribution in [1.29, 1.82) is 0 Å². The van der Waals surface area contributed by atoms with E-state index in [9.17, 15) is 5.11 Å². The lowest BCUT2D eigenvalue weighted by molar-refractivity contribution is -0.708. The van der Waals surface area contributed by atoms with Crippen molar-refractivity contribution >= 4 is 0 Å². The molecule has 0 heterocycles. The van der Waals surface area contributed by atoms with Crippen molar-refractivity contribution in [2.45, 2.75) is 19.5 Å². The van der Waals surface area contributed by atoms with Gasteiger partial charge >= 0.3 is 0 Å². The molecule has 0 saturated heterocycles. The van der Waals surface area contributed by atoms with Gasteiger partial charge in [0.05, 0.1) is 0 Å². The van der Waals surface area contributed by atoms with Gasteiger partial charge in [-0.25, -0.2) is 0 Å². The van der Waals surface area contributed by atoms with Gasteiger partial charge in [0.1, 0.15) is 18.3 Å². The molecule has 0 bridgehead atoms. The maximum atomic E-state index is 9.67. The zero-order chi connectivity index (χ0) is 12.1. The van der Waals surface area contributed by atoms with Crippen LogP contribution in [0.2, 0.25) is 0 Å². The number of aromatic hydroxyl groups is 1. The van der Waals surface area contributed by atoms with E-state index in [-0.39, 0.29) is 0 Å². The molecule has 2 aromatic rings. The summed E-state index contributed by atoms with van der Waals surface area (Å²) in [5, 5.41) is 11.9. The molecule has 0 amide bonds. The van der Waals surface area contributed by atoms with E-state index in [2.05, 4.69) is 36.5 Å². The van der Waals surface area contributed by atoms with Crippen LogP contribution in [-0.4, -0.2) is 5.11 Å². The predicted molar refractivity (Wildman–Crippen MR) is 68.6 cm³/mol. The molecular formula is C15H18NO+. The Kier molecular flexibility index (Phi) is 3.78. The molecular weight excluding hydrogens is 210 g/mol. The Morgan fingerprint density at radius 1 is 1.00 bits per heavy atom. The molecule has 0 aromatic heterocycles. The van der Waals surface area contributed by atoms with E-state index < -0.39 is 0 Å². The molecule has 0 fully saturated rings. The van der Waals surface area contributed by atoms with E-state index in [1.807, 2.05) is 24.3 Å². The standard InChI is InChI=1S/C15H17NO/c1-12(13-7-3-2-4-8-13)16-11-14-9-5-6-10-15(14)17/h2-10,12,16-17H,11H2,1H3/p+1/t12-/m0/s1. The fourth-order valence-corrected chi connectivity index (χ4v) is 1.88. The summed E-state index contributed by atoms with van der Waals surface area (Å²) >= 11 is 0. The van der Waals surface area contributed by atoms with Crippen LogP contribution in [0.4, 0.5) is 0 Å². The number of quaternary nitrogens is 1. The fraction of sp³-hybridized carbons (Fsp3) is 0.200. The molecule has 0 aliphatic heterocycles. The number of phenols is 1. The van der Waals surface area contributed by atoms with Crippen LogP contribution in [0, 0.1) is 0 Å². The number of nitrogens with two attached hydrogens (primary N) is 1. The summed E-state index contributed by atoms with van der Waals surface area (Å²) in [5.74, 6) is 0.379. The van der Waals surface area contributed by atoms with Gasteiger partial charge in [-0.15, -0.1) is 0 Å². The lowest BCUT2D eigenvalue weighted by Gasteiger charge is -2.11. The van der Waals surface area contributed by atoms with Crippen LogP contribution < -0.4 is 5.32 Å². The molecule has 0 unspecified atom stereocenters. The summed E-state index contributed by atoms with van der Waals surface area (Å²) in [5.41, 5.74) is 2.29. The molecule has 0 aliphatic carbocycles. The summed E-state index contributed by atoms with van der Waals surface area (Å²) in [6.07, 6.45) is 0. The second-order valence-electron chi connectivity index (χ2n) is 4.27. The maximum absolute atomic E-state index is 9.67. The number of benzene rings is 2. The average Bonchev–Trinajstić information content (AvgIpc) is 2.38. The van der Waals surface area contributed by atoms with Gasteiger partial charge in [0.25, 0.3) is 0 Å². The van der Waals surface area contributed by atoms with Gasteiger partial charge in [-0.2, -0.15) is 0 Å². The zero-order valence-electron chi connectivity index (χ0n) is 10.0. The van der Waals surface area contributed by atoms with Gasteiger partial charge in [-0.3, -0.25) is 0 Å². The number of phenolic OH excluding ortho intramolecular Hbond substituents is 1. The van der Waals surface area contributed by atoms with Gasteiger partial charge in [0.15, 0.2) is 0 Å². The van der Waals surface area contributed by atoms with Crippen LogP contribution in [0.3, 0.4) is 0 Å². The van der Waals surface area contributed by atoms with Gasteiger partial charge in [0.2, 0.25) is 0 Å². The monoisotopic (exact) mass is 228 g/mol. The summed E-state index contributed by atoms with van der Waals surface area (Å²) in [6.45, 7) is 2.97. The number of hydrogen-bond acceptors (Lipinski definition) is 1. The van der Waals surface area contributed by atoms with Crippen molar-refractivity contribution in [3.8, 4) is 5.75 Å². The van der Waals surface area contributed by atoms with Crippen LogP contribution in [0.25, 0.3) is 0 Å². The Morgan fingerprint density at radius 2 is 1.65 bits per heavy atom. The Bertz CT molecular complexity index is 467. The highest BCUT2D eigenvalue weighted by Gasteiger charge is 2.09. The summed E-state index contributed by atoms with van der Waals surface area (Å²) in [4.78, 5) is 0. The van der Waals surface area contributed by atoms with Crippen molar-refractivity contribution in [3.63, 3.8) is 0 Å². The highest BCUT2D eigenvalue weighted by atomic mass is 16.3. The SMILES string of the molecule is C[C@H]([NH2+]Cc1ccccc1O)c1ccccc1. The quantitative estimate of drug-likeness (QED) is 0.827. The van der Waals surface area contributed by atoms with E-state index in [1.165, 1.54) is 5.56 Å². The summed E-state index contributed by atoms with van der Waals surface area (Å²) in [6, 6.07) is 18.3. The van der Waals surface area contributed by atoms with Crippen LogP contribution in [-0.2, 0) is 6.54 Å². The van der Waals surface area contributed by atoms with Crippen LogP contribution >= 0.6 is 0 Å². The molecule has 0 spiro atoms. The van der Waals surface area contributed by atoms with Gasteiger partial charge < -0.3 is 10.4 Å². The second kappa shape index (κ2) is 5.51. The van der Waals surface area contributed by atoms with Gasteiger partial charge in [-0.05, 0) is 19.1 Å². The molecule has 2 nitrogen and oxygen atoms in total. The van der Waals surface area contributed by atoms with Crippen molar-refractivity contribution in [2.24, 2.45) is 0 Å². The highest BCUT2D eigenvalue weighted by molar-refractivity contribution is 5.30. The number of hydrogen-bond donors (Lipinski definition) is 2. The van der Waals surface area contributed by atoms with E-state index in [0.29, 0.717) is 11.8 Å². The summed E-state index contributed by atoms with van der Waals surface area (Å²) in [7, 11) is 0. The third-order valence-corrected chi connectivity index (χ3v) is 3.01. The van der Waals surface area contributed by atoms with E-state index >= 15 is 0 Å². The smallest absolute Gasteiger partial charge is 0.124 e. The van der Waals surface area contributed by atoms with Crippen molar-refractivity contribution < 1.29 is 10.4 Å². The number of para-hydroxylation sites is 1. The molecule has 3 N–H and O–H groups in total. The molecule has 88 valence electrons. The normalized spacial score (nSPS) is 12.3. The average molecular weight is 228 g/mol. The zero-order valence-corrected chi connectivity index (χ0v) is 10.0. The molecule has 0 saturated carbocycles. The minimum absolute atomic E-state index is 0.379. The van der Waals surface area contributed by atoms with Crippen LogP contribution in [0.15, 0.2) is 54.6 Å². The number of rotatable bonds is 4. The first-order valence-corrected chi connectivity index (χ1v) is 5.92. The minimum atomic E-state index is 0.379. The van der Waals surface area contributed by atoms with Crippen molar-refractivity contribution in [3.05, 3.63) is 65.7 Å². The first-order chi connectivity index (χ1) is 8.27. The Morgan fingerprint density at radius 3 is 2.35 bits per heavy atom. The van der Waals surface area contributed by atoms with E-state index in [0.717, 1.165) is 12.1 Å². The third kappa shape index (κ3) is 3.08. The van der Waals surface area contributed by atoms with Crippen LogP contribution in [0.5, 0.6) is 5.75 Å². The van der Waals surface area contributed by atoms with Crippen molar-refractivity contribution in [1.82, 2.24) is 0 Å². The van der Waals surface area contributed by atoms with E-state index in [4.69, 9.17) is 0 Å². The van der Waals surface area contributed by atoms with Crippen LogP contribution in [0.1, 0.15) is 24.1 Å². The largest absolute Gasteiger partial charge is 0.507 e. The molecule has 0 radical (unpaired) electrons. The van der Waals surface area contributed by atoms with Gasteiger partial charge in [-0.1, -0.05) is 42.5 Å². The predicted octanol–water partition coefficient (Wildman–Crippen LogP) is 2.22. The molecule has 0 aliphatic rings. The first-order valence-electron chi connectivity index (χ1n) is 5.92. The molecule has 2 heteroatoms. The first kappa shape index (κ1) is 11.7. The van der Waals surface area contributed by atoms with Crippen molar-refractivity contribution in [2.75, 3.05) is 0 Å². The molecule has 1 atom stereocenters. The lowest BCUT2D eigenvalue weighted by atomic mass is 10.1. The molecule has 2 aromatic carbocycles. The topological polar surface area (TPSA) is 36.8 Å². The Hall–Kier alpha value is -1.80. The minimum Gasteiger partial charge on any atom is -0.507 e.